The quantitative estimate of drug-likeness (QED) is 0.837. The van der Waals surface area contributed by atoms with Gasteiger partial charge in [0.15, 0.2) is 0 Å². The van der Waals surface area contributed by atoms with Gasteiger partial charge in [-0.25, -0.2) is 13.6 Å². The van der Waals surface area contributed by atoms with Crippen molar-refractivity contribution in [3.05, 3.63) is 64.2 Å². The van der Waals surface area contributed by atoms with E-state index in [9.17, 15) is 13.6 Å². The molecule has 0 amide bonds. The second-order valence-corrected chi connectivity index (χ2v) is 5.46. The van der Waals surface area contributed by atoms with Gasteiger partial charge in [-0.05, 0) is 35.9 Å². The standard InChI is InChI=1S/C14H9ClF2O2S/c15-9-2-1-8(13(17)5-9)7-20-10-3-4-12(16)11(6-10)14(18)19/h1-6H,7H2,(H,18,19). The van der Waals surface area contributed by atoms with Gasteiger partial charge in [0.05, 0.1) is 5.56 Å². The third-order valence-corrected chi connectivity index (χ3v) is 3.86. The zero-order chi connectivity index (χ0) is 14.7. The summed E-state index contributed by atoms with van der Waals surface area (Å²) in [6.07, 6.45) is 0. The molecule has 0 unspecified atom stereocenters. The molecule has 6 heteroatoms. The predicted molar refractivity (Wildman–Crippen MR) is 74.3 cm³/mol. The van der Waals surface area contributed by atoms with Crippen molar-refractivity contribution in [1.82, 2.24) is 0 Å². The maximum Gasteiger partial charge on any atom is 0.338 e. The Balaban J connectivity index is 2.15. The van der Waals surface area contributed by atoms with Crippen molar-refractivity contribution in [2.45, 2.75) is 10.6 Å². The summed E-state index contributed by atoms with van der Waals surface area (Å²) in [6.45, 7) is 0. The summed E-state index contributed by atoms with van der Waals surface area (Å²) >= 11 is 6.87. The molecule has 2 aromatic rings. The van der Waals surface area contributed by atoms with Gasteiger partial charge in [-0.15, -0.1) is 11.8 Å². The van der Waals surface area contributed by atoms with Crippen LogP contribution >= 0.6 is 23.4 Å². The van der Waals surface area contributed by atoms with Crippen LogP contribution in [0.25, 0.3) is 0 Å². The molecule has 0 atom stereocenters. The zero-order valence-corrected chi connectivity index (χ0v) is 11.6. The number of rotatable bonds is 4. The normalized spacial score (nSPS) is 10.6. The van der Waals surface area contributed by atoms with Crippen molar-refractivity contribution in [3.63, 3.8) is 0 Å². The number of hydrogen-bond donors (Lipinski definition) is 1. The summed E-state index contributed by atoms with van der Waals surface area (Å²) in [5, 5.41) is 9.14. The predicted octanol–water partition coefficient (Wildman–Crippen LogP) is 4.61. The molecule has 0 aliphatic heterocycles. The molecule has 0 saturated heterocycles. The summed E-state index contributed by atoms with van der Waals surface area (Å²) in [4.78, 5) is 11.4. The van der Waals surface area contributed by atoms with E-state index in [0.717, 1.165) is 6.07 Å². The summed E-state index contributed by atoms with van der Waals surface area (Å²) < 4.78 is 26.8. The fraction of sp³-hybridized carbons (Fsp3) is 0.0714. The average molecular weight is 315 g/mol. The van der Waals surface area contributed by atoms with E-state index in [2.05, 4.69) is 0 Å². The Kier molecular flexibility index (Phi) is 4.62. The fourth-order valence-electron chi connectivity index (χ4n) is 1.56. The summed E-state index contributed by atoms with van der Waals surface area (Å²) in [5.41, 5.74) is 0.0483. The molecule has 0 heterocycles. The van der Waals surface area contributed by atoms with Crippen molar-refractivity contribution in [1.29, 1.82) is 0 Å². The van der Waals surface area contributed by atoms with E-state index in [1.807, 2.05) is 0 Å². The van der Waals surface area contributed by atoms with Gasteiger partial charge in [-0.2, -0.15) is 0 Å². The van der Waals surface area contributed by atoms with Gasteiger partial charge in [-0.3, -0.25) is 0 Å². The molecule has 2 aromatic carbocycles. The third-order valence-electron chi connectivity index (χ3n) is 2.58. The first-order valence-corrected chi connectivity index (χ1v) is 6.93. The van der Waals surface area contributed by atoms with Crippen LogP contribution in [0.15, 0.2) is 41.3 Å². The highest BCUT2D eigenvalue weighted by Crippen LogP contribution is 2.27. The fourth-order valence-corrected chi connectivity index (χ4v) is 2.64. The lowest BCUT2D eigenvalue weighted by molar-refractivity contribution is 0.0691. The molecule has 0 aliphatic rings. The van der Waals surface area contributed by atoms with Crippen molar-refractivity contribution in [2.75, 3.05) is 0 Å². The second-order valence-electron chi connectivity index (χ2n) is 3.97. The largest absolute Gasteiger partial charge is 0.478 e. The van der Waals surface area contributed by atoms with Crippen molar-refractivity contribution < 1.29 is 18.7 Å². The maximum absolute atomic E-state index is 13.6. The molecule has 2 nitrogen and oxygen atoms in total. The molecule has 0 bridgehead atoms. The van der Waals surface area contributed by atoms with Gasteiger partial charge in [0.1, 0.15) is 11.6 Å². The van der Waals surface area contributed by atoms with Crippen molar-refractivity contribution in [2.24, 2.45) is 0 Å². The average Bonchev–Trinajstić information content (AvgIpc) is 2.39. The molecule has 0 saturated carbocycles. The highest BCUT2D eigenvalue weighted by molar-refractivity contribution is 7.98. The van der Waals surface area contributed by atoms with Crippen molar-refractivity contribution >= 4 is 29.3 Å². The van der Waals surface area contributed by atoms with Crippen LogP contribution in [0.4, 0.5) is 8.78 Å². The van der Waals surface area contributed by atoms with Crippen LogP contribution < -0.4 is 0 Å². The van der Waals surface area contributed by atoms with Crippen LogP contribution in [0.2, 0.25) is 5.02 Å². The number of hydrogen-bond acceptors (Lipinski definition) is 2. The summed E-state index contributed by atoms with van der Waals surface area (Å²) in [7, 11) is 0. The monoisotopic (exact) mass is 314 g/mol. The first-order chi connectivity index (χ1) is 9.47. The minimum atomic E-state index is -1.33. The lowest BCUT2D eigenvalue weighted by atomic mass is 10.2. The van der Waals surface area contributed by atoms with Gasteiger partial charge in [-0.1, -0.05) is 17.7 Å². The van der Waals surface area contributed by atoms with E-state index < -0.39 is 23.2 Å². The number of carboxylic acid groups (broad SMARTS) is 1. The Hall–Kier alpha value is -1.59. The first kappa shape index (κ1) is 14.8. The molecule has 0 fully saturated rings. The van der Waals surface area contributed by atoms with Crippen LogP contribution in [0.5, 0.6) is 0 Å². The Bertz CT molecular complexity index is 662. The lowest BCUT2D eigenvalue weighted by Gasteiger charge is -2.05. The van der Waals surface area contributed by atoms with Crippen LogP contribution in [0.3, 0.4) is 0 Å². The minimum absolute atomic E-state index is 0.299. The molecule has 104 valence electrons. The highest BCUT2D eigenvalue weighted by Gasteiger charge is 2.11. The number of halogens is 3. The molecule has 0 spiro atoms. The SMILES string of the molecule is O=C(O)c1cc(SCc2ccc(Cl)cc2F)ccc1F. The molecule has 20 heavy (non-hydrogen) atoms. The molecule has 2 rings (SSSR count). The van der Waals surface area contributed by atoms with Gasteiger partial charge in [0, 0.05) is 15.7 Å². The number of carbonyl (C=O) groups is 1. The second kappa shape index (κ2) is 6.24. The Morgan fingerprint density at radius 3 is 2.55 bits per heavy atom. The summed E-state index contributed by atoms with van der Waals surface area (Å²) in [6, 6.07) is 8.13. The third kappa shape index (κ3) is 3.49. The Labute approximate surface area is 123 Å². The van der Waals surface area contributed by atoms with Crippen LogP contribution in [-0.4, -0.2) is 11.1 Å². The van der Waals surface area contributed by atoms with E-state index in [-0.39, 0.29) is 0 Å². The smallest absolute Gasteiger partial charge is 0.338 e. The minimum Gasteiger partial charge on any atom is -0.478 e. The Morgan fingerprint density at radius 1 is 1.15 bits per heavy atom. The van der Waals surface area contributed by atoms with Gasteiger partial charge >= 0.3 is 5.97 Å². The van der Waals surface area contributed by atoms with Crippen LogP contribution in [-0.2, 0) is 5.75 Å². The molecule has 0 radical (unpaired) electrons. The van der Waals surface area contributed by atoms with Gasteiger partial charge in [0.25, 0.3) is 0 Å². The zero-order valence-electron chi connectivity index (χ0n) is 10.1. The van der Waals surface area contributed by atoms with Crippen LogP contribution in [0, 0.1) is 11.6 Å². The van der Waals surface area contributed by atoms with E-state index in [1.165, 1.54) is 30.0 Å². The van der Waals surface area contributed by atoms with Gasteiger partial charge in [0.2, 0.25) is 0 Å². The molecule has 0 aromatic heterocycles. The summed E-state index contributed by atoms with van der Waals surface area (Å²) in [5.74, 6) is -2.25. The molecule has 0 aliphatic carbocycles. The number of aromatic carboxylic acids is 1. The van der Waals surface area contributed by atoms with E-state index >= 15 is 0 Å². The highest BCUT2D eigenvalue weighted by atomic mass is 35.5. The number of carboxylic acids is 1. The first-order valence-electron chi connectivity index (χ1n) is 5.57. The van der Waals surface area contributed by atoms with E-state index in [4.69, 9.17) is 16.7 Å². The molecular formula is C14H9ClF2O2S. The molecule has 1 N–H and O–H groups in total. The van der Waals surface area contributed by atoms with E-state index in [1.54, 1.807) is 12.1 Å². The number of benzene rings is 2. The van der Waals surface area contributed by atoms with E-state index in [0.29, 0.717) is 21.2 Å². The lowest BCUT2D eigenvalue weighted by Crippen LogP contribution is -2.00. The van der Waals surface area contributed by atoms with Crippen LogP contribution in [0.1, 0.15) is 15.9 Å². The van der Waals surface area contributed by atoms with Gasteiger partial charge < -0.3 is 5.11 Å². The number of thioether (sulfide) groups is 1. The maximum atomic E-state index is 13.6. The van der Waals surface area contributed by atoms with Crippen molar-refractivity contribution in [3.8, 4) is 0 Å². The Morgan fingerprint density at radius 2 is 1.90 bits per heavy atom. The molecular weight excluding hydrogens is 306 g/mol. The topological polar surface area (TPSA) is 37.3 Å².